The Morgan fingerprint density at radius 3 is 1.25 bits per heavy atom. The summed E-state index contributed by atoms with van der Waals surface area (Å²) in [4.78, 5) is 0. The van der Waals surface area contributed by atoms with E-state index in [2.05, 4.69) is 21.1 Å². The number of hydrogen-bond donors (Lipinski definition) is 0. The van der Waals surface area contributed by atoms with Gasteiger partial charge in [-0.05, 0) is 0 Å². The van der Waals surface area contributed by atoms with Crippen molar-refractivity contribution in [3.05, 3.63) is 0 Å². The fourth-order valence-corrected chi connectivity index (χ4v) is 0. The first-order chi connectivity index (χ1) is 1.41. The van der Waals surface area contributed by atoms with Gasteiger partial charge in [0.15, 0.2) is 0 Å². The molecular weight excluding hydrogens is 262 g/mol. The zero-order valence-corrected chi connectivity index (χ0v) is 7.92. The van der Waals surface area contributed by atoms with Crippen molar-refractivity contribution in [1.82, 2.24) is 0 Å². The number of rotatable bonds is 0. The SMILES string of the molecule is S=[Se]=S.[Sn]. The van der Waals surface area contributed by atoms with E-state index in [9.17, 15) is 0 Å². The van der Waals surface area contributed by atoms with E-state index in [1.807, 2.05) is 0 Å². The monoisotopic (exact) mass is 264 g/mol. The van der Waals surface area contributed by atoms with Crippen LogP contribution in [0.25, 0.3) is 0 Å². The van der Waals surface area contributed by atoms with Crippen LogP contribution in [0.3, 0.4) is 0 Å². The molecule has 0 aliphatic heterocycles. The molecule has 0 spiro atoms. The van der Waals surface area contributed by atoms with E-state index in [1.165, 1.54) is 0 Å². The molecule has 0 aromatic heterocycles. The molecule has 0 aromatic rings. The minimum Gasteiger partial charge on any atom is 0 e. The average molecular weight is 262 g/mol. The van der Waals surface area contributed by atoms with Gasteiger partial charge < -0.3 is 0 Å². The topological polar surface area (TPSA) is 0 Å². The zero-order chi connectivity index (χ0) is 2.71. The van der Waals surface area contributed by atoms with Crippen molar-refractivity contribution in [3.63, 3.8) is 0 Å². The van der Waals surface area contributed by atoms with Gasteiger partial charge in [0.1, 0.15) is 0 Å². The Kier molecular flexibility index (Phi) is 20.4. The van der Waals surface area contributed by atoms with Crippen molar-refractivity contribution < 1.29 is 0 Å². The van der Waals surface area contributed by atoms with Crippen LogP contribution in [0.1, 0.15) is 0 Å². The van der Waals surface area contributed by atoms with Gasteiger partial charge in [-0.15, -0.1) is 0 Å². The van der Waals surface area contributed by atoms with Crippen LogP contribution >= 0.6 is 21.1 Å². The number of hydrogen-bond acceptors (Lipinski definition) is 2. The summed E-state index contributed by atoms with van der Waals surface area (Å²) in [5, 5.41) is 0. The summed E-state index contributed by atoms with van der Waals surface area (Å²) < 4.78 is 0. The second-order valence-electron chi connectivity index (χ2n) is 0.0680. The Morgan fingerprint density at radius 1 is 1.25 bits per heavy atom. The van der Waals surface area contributed by atoms with Crippen LogP contribution in [0.5, 0.6) is 0 Å². The third-order valence-corrected chi connectivity index (χ3v) is 0. The van der Waals surface area contributed by atoms with Crippen LogP contribution in [0.15, 0.2) is 0 Å². The van der Waals surface area contributed by atoms with E-state index in [0.29, 0.717) is 0 Å². The standard InChI is InChI=1S/S2Se.Sn/c1-3-2;. The molecule has 0 bridgehead atoms. The van der Waals surface area contributed by atoms with Gasteiger partial charge in [0.25, 0.3) is 0 Å². The van der Waals surface area contributed by atoms with Gasteiger partial charge in [-0.1, -0.05) is 0 Å². The molecule has 4 heavy (non-hydrogen) atoms. The molecule has 4 heteroatoms. The fourth-order valence-electron chi connectivity index (χ4n) is 0. The van der Waals surface area contributed by atoms with E-state index in [4.69, 9.17) is 0 Å². The second kappa shape index (κ2) is 8.83. The molecule has 4 radical (unpaired) electrons. The summed E-state index contributed by atoms with van der Waals surface area (Å²) in [6, 6.07) is 0. The third-order valence-electron chi connectivity index (χ3n) is 0. The van der Waals surface area contributed by atoms with E-state index >= 15 is 0 Å². The predicted octanol–water partition coefficient (Wildman–Crippen LogP) is 0.535. The molecule has 0 aromatic carbocycles. The zero-order valence-electron chi connectivity index (χ0n) is 1.72. The Labute approximate surface area is 56.2 Å². The molecule has 0 fully saturated rings. The molecule has 0 unspecified atom stereocenters. The van der Waals surface area contributed by atoms with Gasteiger partial charge in [0.2, 0.25) is 0 Å². The fraction of sp³-hybridized carbons (Fsp3) is 0. The van der Waals surface area contributed by atoms with Crippen LogP contribution in [-0.4, -0.2) is 35.6 Å². The van der Waals surface area contributed by atoms with Crippen molar-refractivity contribution in [1.29, 1.82) is 0 Å². The second-order valence-corrected chi connectivity index (χ2v) is 3.18. The molecule has 22 valence electrons. The van der Waals surface area contributed by atoms with Gasteiger partial charge in [0.05, 0.1) is 0 Å². The molecule has 0 saturated heterocycles. The van der Waals surface area contributed by atoms with E-state index in [-0.39, 0.29) is 35.6 Å². The summed E-state index contributed by atoms with van der Waals surface area (Å²) in [5.41, 5.74) is 0. The summed E-state index contributed by atoms with van der Waals surface area (Å²) in [7, 11) is 8.54. The summed E-state index contributed by atoms with van der Waals surface area (Å²) in [6.45, 7) is 0. The summed E-state index contributed by atoms with van der Waals surface area (Å²) in [6.07, 6.45) is 0. The van der Waals surface area contributed by atoms with Crippen LogP contribution in [-0.2, 0) is 0 Å². The summed E-state index contributed by atoms with van der Waals surface area (Å²) >= 11 is 0.0417. The van der Waals surface area contributed by atoms with Crippen molar-refractivity contribution in [2.24, 2.45) is 0 Å². The minimum atomic E-state index is 0. The Balaban J connectivity index is 0. The van der Waals surface area contributed by atoms with E-state index < -0.39 is 0 Å². The maximum absolute atomic E-state index is 4.27. The van der Waals surface area contributed by atoms with Gasteiger partial charge in [-0.3, -0.25) is 0 Å². The van der Waals surface area contributed by atoms with Gasteiger partial charge in [0, 0.05) is 23.9 Å². The van der Waals surface area contributed by atoms with Crippen molar-refractivity contribution in [3.8, 4) is 0 Å². The third kappa shape index (κ3) is 9.25. The molecule has 0 aliphatic carbocycles. The maximum atomic E-state index is 4.27. The largest absolute Gasteiger partial charge is 0 e. The molecule has 0 rings (SSSR count). The van der Waals surface area contributed by atoms with Gasteiger partial charge in [-0.25, -0.2) is 0 Å². The molecule has 0 amide bonds. The van der Waals surface area contributed by atoms with E-state index in [0.717, 1.165) is 0 Å². The molecular formula is S2SeSn. The van der Waals surface area contributed by atoms with Crippen molar-refractivity contribution in [2.75, 3.05) is 0 Å². The van der Waals surface area contributed by atoms with Crippen LogP contribution < -0.4 is 0 Å². The first-order valence-electron chi connectivity index (χ1n) is 0.333. The molecule has 0 N–H and O–H groups in total. The van der Waals surface area contributed by atoms with Crippen molar-refractivity contribution in [2.45, 2.75) is 0 Å². The van der Waals surface area contributed by atoms with E-state index in [1.54, 1.807) is 0 Å². The van der Waals surface area contributed by atoms with Gasteiger partial charge in [-0.2, -0.15) is 0 Å². The normalized spacial score (nSPS) is 3.00. The van der Waals surface area contributed by atoms with Crippen molar-refractivity contribution >= 4 is 56.7 Å². The Bertz CT molecular complexity index is 27.0. The summed E-state index contributed by atoms with van der Waals surface area (Å²) in [5.74, 6) is 0. The minimum absolute atomic E-state index is 0. The first-order valence-corrected chi connectivity index (χ1v) is 5.20. The maximum Gasteiger partial charge on any atom is 0 e. The smallest absolute Gasteiger partial charge is 0 e. The average Bonchev–Trinajstić information content (AvgIpc) is 0.918. The molecule has 0 nitrogen and oxygen atoms in total. The molecule has 0 atom stereocenters. The Hall–Kier alpha value is 1.76. The molecule has 0 aliphatic rings. The predicted molar refractivity (Wildman–Crippen MR) is 26.7 cm³/mol. The first kappa shape index (κ1) is 9.23. The Morgan fingerprint density at radius 2 is 1.25 bits per heavy atom. The van der Waals surface area contributed by atoms with Crippen LogP contribution in [0.2, 0.25) is 0 Å². The quantitative estimate of drug-likeness (QED) is 0.584. The van der Waals surface area contributed by atoms with Gasteiger partial charge >= 0.3 is 32.8 Å². The molecule has 0 heterocycles. The van der Waals surface area contributed by atoms with Crippen LogP contribution in [0.4, 0.5) is 0 Å². The van der Waals surface area contributed by atoms with Crippen LogP contribution in [0, 0.1) is 0 Å². The molecule has 0 saturated carbocycles.